The van der Waals surface area contributed by atoms with Gasteiger partial charge in [-0.1, -0.05) is 17.7 Å². The molecule has 4 rings (SSSR count). The molecule has 8 heteroatoms. The minimum atomic E-state index is -0.707. The topological polar surface area (TPSA) is 79.0 Å². The number of carbonyl (C=O) groups is 3. The van der Waals surface area contributed by atoms with Crippen LogP contribution in [0.5, 0.6) is 5.75 Å². The second-order valence-corrected chi connectivity index (χ2v) is 7.63. The molecule has 1 atom stereocenters. The average molecular weight is 414 g/mol. The van der Waals surface area contributed by atoms with E-state index < -0.39 is 11.8 Å². The summed E-state index contributed by atoms with van der Waals surface area (Å²) in [5.74, 6) is -1.19. The van der Waals surface area contributed by atoms with Gasteiger partial charge in [0.1, 0.15) is 5.75 Å². The van der Waals surface area contributed by atoms with Gasteiger partial charge in [0.25, 0.3) is 0 Å². The summed E-state index contributed by atoms with van der Waals surface area (Å²) in [5, 5.41) is 3.28. The molecule has 2 amide bonds. The van der Waals surface area contributed by atoms with Crippen LogP contribution in [-0.4, -0.2) is 48.4 Å². The monoisotopic (exact) mass is 413 g/mol. The molecular formula is C21H20ClN3O4. The Bertz CT molecular complexity index is 976. The van der Waals surface area contributed by atoms with Gasteiger partial charge in [-0.25, -0.2) is 0 Å². The van der Waals surface area contributed by atoms with Crippen LogP contribution in [-0.2, 0) is 20.8 Å². The third-order valence-electron chi connectivity index (χ3n) is 5.16. The number of amides is 2. The molecule has 0 spiro atoms. The molecule has 0 bridgehead atoms. The minimum absolute atomic E-state index is 0.126. The molecule has 0 saturated carbocycles. The maximum atomic E-state index is 12.7. The molecule has 0 aromatic heterocycles. The highest BCUT2D eigenvalue weighted by atomic mass is 35.5. The summed E-state index contributed by atoms with van der Waals surface area (Å²) in [6, 6.07) is 12.4. The van der Waals surface area contributed by atoms with Gasteiger partial charge >= 0.3 is 17.8 Å². The molecule has 1 fully saturated rings. The van der Waals surface area contributed by atoms with Crippen molar-refractivity contribution < 1.29 is 19.1 Å². The van der Waals surface area contributed by atoms with Crippen molar-refractivity contribution in [2.24, 2.45) is 0 Å². The average Bonchev–Trinajstić information content (AvgIpc) is 3.07. The van der Waals surface area contributed by atoms with Crippen LogP contribution >= 0.6 is 11.6 Å². The fourth-order valence-corrected chi connectivity index (χ4v) is 3.77. The Morgan fingerprint density at radius 3 is 2.62 bits per heavy atom. The SMILES string of the molecule is C[C@@H]1CN(c2ccc(Cl)cc2)CCN1C(=O)C(=O)Nc1ccc2c(c1)OC(=O)C2. The van der Waals surface area contributed by atoms with Crippen molar-refractivity contribution in [3.05, 3.63) is 53.1 Å². The summed E-state index contributed by atoms with van der Waals surface area (Å²) in [6.07, 6.45) is 0.220. The quantitative estimate of drug-likeness (QED) is 0.465. The van der Waals surface area contributed by atoms with E-state index in [1.165, 1.54) is 0 Å². The Morgan fingerprint density at radius 1 is 1.14 bits per heavy atom. The molecule has 7 nitrogen and oxygen atoms in total. The van der Waals surface area contributed by atoms with E-state index in [2.05, 4.69) is 10.2 Å². The number of ether oxygens (including phenoxy) is 1. The summed E-state index contributed by atoms with van der Waals surface area (Å²) < 4.78 is 5.08. The van der Waals surface area contributed by atoms with E-state index >= 15 is 0 Å². The van der Waals surface area contributed by atoms with E-state index in [-0.39, 0.29) is 18.4 Å². The van der Waals surface area contributed by atoms with E-state index in [1.54, 1.807) is 23.1 Å². The predicted octanol–water partition coefficient (Wildman–Crippen LogP) is 2.48. The number of fused-ring (bicyclic) bond motifs is 1. The molecule has 0 unspecified atom stereocenters. The first-order valence-corrected chi connectivity index (χ1v) is 9.74. The number of halogens is 1. The minimum Gasteiger partial charge on any atom is -0.426 e. The Kier molecular flexibility index (Phi) is 5.15. The molecule has 0 radical (unpaired) electrons. The van der Waals surface area contributed by atoms with Crippen LogP contribution in [0.1, 0.15) is 12.5 Å². The Morgan fingerprint density at radius 2 is 1.90 bits per heavy atom. The fraction of sp³-hybridized carbons (Fsp3) is 0.286. The molecule has 2 aliphatic heterocycles. The van der Waals surface area contributed by atoms with Crippen molar-refractivity contribution in [2.45, 2.75) is 19.4 Å². The summed E-state index contributed by atoms with van der Waals surface area (Å²) in [5.41, 5.74) is 2.22. The Labute approximate surface area is 173 Å². The summed E-state index contributed by atoms with van der Waals surface area (Å²) >= 11 is 5.94. The van der Waals surface area contributed by atoms with Gasteiger partial charge in [0.2, 0.25) is 0 Å². The van der Waals surface area contributed by atoms with E-state index in [9.17, 15) is 14.4 Å². The molecule has 0 aliphatic carbocycles. The first-order chi connectivity index (χ1) is 13.9. The number of anilines is 2. The zero-order valence-electron chi connectivity index (χ0n) is 15.9. The van der Waals surface area contributed by atoms with Gasteiger partial charge in [0.15, 0.2) is 0 Å². The Balaban J connectivity index is 1.38. The molecule has 2 aliphatic rings. The molecule has 29 heavy (non-hydrogen) atoms. The number of benzene rings is 2. The Hall–Kier alpha value is -3.06. The molecular weight excluding hydrogens is 394 g/mol. The van der Waals surface area contributed by atoms with E-state index in [0.29, 0.717) is 36.1 Å². The van der Waals surface area contributed by atoms with E-state index in [1.807, 2.05) is 31.2 Å². The maximum absolute atomic E-state index is 12.7. The lowest BCUT2D eigenvalue weighted by Gasteiger charge is -2.40. The third-order valence-corrected chi connectivity index (χ3v) is 5.41. The van der Waals surface area contributed by atoms with Crippen molar-refractivity contribution in [1.29, 1.82) is 0 Å². The lowest BCUT2D eigenvalue weighted by Crippen LogP contribution is -2.56. The zero-order valence-corrected chi connectivity index (χ0v) is 16.6. The van der Waals surface area contributed by atoms with Gasteiger partial charge in [-0.05, 0) is 37.3 Å². The third kappa shape index (κ3) is 4.05. The van der Waals surface area contributed by atoms with Crippen LogP contribution in [0, 0.1) is 0 Å². The van der Waals surface area contributed by atoms with Crippen LogP contribution in [0.4, 0.5) is 11.4 Å². The van der Waals surface area contributed by atoms with Crippen molar-refractivity contribution in [3.8, 4) is 5.75 Å². The highest BCUT2D eigenvalue weighted by molar-refractivity contribution is 6.39. The summed E-state index contributed by atoms with van der Waals surface area (Å²) in [6.45, 7) is 3.61. The van der Waals surface area contributed by atoms with Crippen molar-refractivity contribution in [3.63, 3.8) is 0 Å². The fourth-order valence-electron chi connectivity index (χ4n) is 3.65. The van der Waals surface area contributed by atoms with Gasteiger partial charge in [0, 0.05) is 53.7 Å². The smallest absolute Gasteiger partial charge is 0.315 e. The molecule has 1 saturated heterocycles. The van der Waals surface area contributed by atoms with Gasteiger partial charge < -0.3 is 19.9 Å². The first kappa shape index (κ1) is 19.3. The highest BCUT2D eigenvalue weighted by Gasteiger charge is 2.31. The first-order valence-electron chi connectivity index (χ1n) is 9.37. The van der Waals surface area contributed by atoms with Crippen LogP contribution in [0.3, 0.4) is 0 Å². The predicted molar refractivity (Wildman–Crippen MR) is 109 cm³/mol. The van der Waals surface area contributed by atoms with Crippen LogP contribution in [0.15, 0.2) is 42.5 Å². The second kappa shape index (κ2) is 7.75. The molecule has 1 N–H and O–H groups in total. The number of hydrogen-bond donors (Lipinski definition) is 1. The normalized spacial score (nSPS) is 18.3. The highest BCUT2D eigenvalue weighted by Crippen LogP contribution is 2.29. The van der Waals surface area contributed by atoms with Crippen LogP contribution < -0.4 is 15.0 Å². The standard InChI is InChI=1S/C21H20ClN3O4/c1-13-12-24(17-6-3-15(22)4-7-17)8-9-25(13)21(28)20(27)23-16-5-2-14-10-19(26)29-18(14)11-16/h2-7,11,13H,8-10,12H2,1H3,(H,23,27)/t13-/m1/s1. The van der Waals surface area contributed by atoms with Gasteiger partial charge in [-0.2, -0.15) is 0 Å². The number of esters is 1. The van der Waals surface area contributed by atoms with Gasteiger partial charge in [-0.15, -0.1) is 0 Å². The number of rotatable bonds is 2. The second-order valence-electron chi connectivity index (χ2n) is 7.20. The number of nitrogens with zero attached hydrogens (tertiary/aromatic N) is 2. The largest absolute Gasteiger partial charge is 0.426 e. The number of nitrogens with one attached hydrogen (secondary N) is 1. The van der Waals surface area contributed by atoms with Gasteiger partial charge in [-0.3, -0.25) is 14.4 Å². The molecule has 2 aromatic rings. The zero-order chi connectivity index (χ0) is 20.5. The van der Waals surface area contributed by atoms with Crippen molar-refractivity contribution in [2.75, 3.05) is 29.9 Å². The van der Waals surface area contributed by atoms with E-state index in [0.717, 1.165) is 11.3 Å². The summed E-state index contributed by atoms with van der Waals surface area (Å²) in [7, 11) is 0. The number of hydrogen-bond acceptors (Lipinski definition) is 5. The van der Waals surface area contributed by atoms with Crippen molar-refractivity contribution >= 4 is 40.8 Å². The summed E-state index contributed by atoms with van der Waals surface area (Å²) in [4.78, 5) is 40.2. The van der Waals surface area contributed by atoms with E-state index in [4.69, 9.17) is 16.3 Å². The number of piperazine rings is 1. The van der Waals surface area contributed by atoms with Crippen LogP contribution in [0.2, 0.25) is 5.02 Å². The number of carbonyl (C=O) groups excluding carboxylic acids is 3. The lowest BCUT2D eigenvalue weighted by molar-refractivity contribution is -0.144. The van der Waals surface area contributed by atoms with Crippen molar-refractivity contribution in [1.82, 2.24) is 4.90 Å². The maximum Gasteiger partial charge on any atom is 0.315 e. The molecule has 2 aromatic carbocycles. The molecule has 150 valence electrons. The van der Waals surface area contributed by atoms with Crippen LogP contribution in [0.25, 0.3) is 0 Å². The molecule has 2 heterocycles. The van der Waals surface area contributed by atoms with Gasteiger partial charge in [0.05, 0.1) is 6.42 Å². The lowest BCUT2D eigenvalue weighted by atomic mass is 10.1.